The SMILES string of the molecule is CC(C)COC(=O)Nc1nnc(CCS(=O)(=O)CCc2nnc(NC(=O)OCC(C)CC3CCC3)s2)s1. The van der Waals surface area contributed by atoms with E-state index in [1.165, 1.54) is 19.3 Å². The minimum Gasteiger partial charge on any atom is -0.449 e. The summed E-state index contributed by atoms with van der Waals surface area (Å²) in [6.07, 6.45) is 4.02. The van der Waals surface area contributed by atoms with Gasteiger partial charge in [-0.15, -0.1) is 20.4 Å². The Bertz CT molecular complexity index is 1130. The van der Waals surface area contributed by atoms with E-state index in [0.29, 0.717) is 22.5 Å². The highest BCUT2D eigenvalue weighted by molar-refractivity contribution is 7.91. The molecule has 1 unspecified atom stereocenters. The highest BCUT2D eigenvalue weighted by Crippen LogP contribution is 2.32. The molecule has 0 spiro atoms. The van der Waals surface area contributed by atoms with E-state index in [9.17, 15) is 18.0 Å². The molecule has 2 aromatic rings. The number of hydrogen-bond donors (Lipinski definition) is 2. The average molecular weight is 575 g/mol. The fourth-order valence-corrected chi connectivity index (χ4v) is 6.39. The lowest BCUT2D eigenvalue weighted by Crippen LogP contribution is -2.21. The largest absolute Gasteiger partial charge is 0.449 e. The van der Waals surface area contributed by atoms with Crippen molar-refractivity contribution >= 4 is 55.0 Å². The van der Waals surface area contributed by atoms with E-state index in [-0.39, 0.29) is 47.1 Å². The van der Waals surface area contributed by atoms with Gasteiger partial charge in [0, 0.05) is 12.8 Å². The van der Waals surface area contributed by atoms with Crippen LogP contribution in [0.1, 0.15) is 56.5 Å². The van der Waals surface area contributed by atoms with Crippen molar-refractivity contribution in [3.8, 4) is 0 Å². The molecule has 0 bridgehead atoms. The van der Waals surface area contributed by atoms with Crippen molar-refractivity contribution in [2.45, 2.75) is 59.3 Å². The molecule has 0 saturated heterocycles. The number of carbonyl (C=O) groups is 2. The fourth-order valence-electron chi connectivity index (χ4n) is 3.47. The van der Waals surface area contributed by atoms with E-state index in [0.717, 1.165) is 35.0 Å². The highest BCUT2D eigenvalue weighted by Gasteiger charge is 2.21. The second-order valence-electron chi connectivity index (χ2n) is 9.63. The lowest BCUT2D eigenvalue weighted by Gasteiger charge is -2.27. The molecule has 0 aliphatic heterocycles. The fraction of sp³-hybridized carbons (Fsp3) is 0.727. The Balaban J connectivity index is 1.35. The van der Waals surface area contributed by atoms with E-state index in [4.69, 9.17) is 9.47 Å². The molecule has 1 aliphatic carbocycles. The molecule has 0 radical (unpaired) electrons. The number of carbonyl (C=O) groups excluding carboxylic acids is 2. The molecule has 2 N–H and O–H groups in total. The molecule has 3 rings (SSSR count). The number of amides is 2. The first kappa shape index (κ1) is 29.2. The topological polar surface area (TPSA) is 162 Å². The summed E-state index contributed by atoms with van der Waals surface area (Å²) in [5.41, 5.74) is 0. The summed E-state index contributed by atoms with van der Waals surface area (Å²) >= 11 is 2.22. The number of ether oxygens (including phenoxy) is 2. The van der Waals surface area contributed by atoms with Crippen molar-refractivity contribution in [1.29, 1.82) is 0 Å². The van der Waals surface area contributed by atoms with E-state index in [2.05, 4.69) is 38.0 Å². The van der Waals surface area contributed by atoms with Crippen molar-refractivity contribution in [2.24, 2.45) is 17.8 Å². The molecule has 37 heavy (non-hydrogen) atoms. The van der Waals surface area contributed by atoms with E-state index < -0.39 is 22.0 Å². The molecular formula is C22H34N6O6S3. The van der Waals surface area contributed by atoms with Gasteiger partial charge < -0.3 is 9.47 Å². The average Bonchev–Trinajstić information content (AvgIpc) is 3.45. The zero-order valence-electron chi connectivity index (χ0n) is 21.3. The summed E-state index contributed by atoms with van der Waals surface area (Å²) < 4.78 is 35.3. The number of hydrogen-bond acceptors (Lipinski definition) is 12. The van der Waals surface area contributed by atoms with Gasteiger partial charge in [0.25, 0.3) is 0 Å². The first-order valence-electron chi connectivity index (χ1n) is 12.3. The Hall–Kier alpha value is -2.39. The van der Waals surface area contributed by atoms with Gasteiger partial charge in [-0.1, -0.05) is 62.7 Å². The van der Waals surface area contributed by atoms with Crippen LogP contribution in [0.25, 0.3) is 0 Å². The number of nitrogens with one attached hydrogen (secondary N) is 2. The number of aromatic nitrogens is 4. The van der Waals surface area contributed by atoms with Crippen LogP contribution in [0.15, 0.2) is 0 Å². The highest BCUT2D eigenvalue weighted by atomic mass is 32.2. The van der Waals surface area contributed by atoms with Crippen molar-refractivity contribution < 1.29 is 27.5 Å². The lowest BCUT2D eigenvalue weighted by atomic mass is 9.79. The maximum absolute atomic E-state index is 12.5. The van der Waals surface area contributed by atoms with Crippen LogP contribution >= 0.6 is 22.7 Å². The molecule has 1 saturated carbocycles. The molecule has 2 heterocycles. The predicted octanol–water partition coefficient (Wildman–Crippen LogP) is 4.17. The van der Waals surface area contributed by atoms with Gasteiger partial charge in [0.15, 0.2) is 9.84 Å². The molecule has 1 atom stereocenters. The van der Waals surface area contributed by atoms with Crippen molar-refractivity contribution in [1.82, 2.24) is 20.4 Å². The van der Waals surface area contributed by atoms with E-state index >= 15 is 0 Å². The second-order valence-corrected chi connectivity index (χ2v) is 14.1. The third kappa shape index (κ3) is 10.9. The summed E-state index contributed by atoms with van der Waals surface area (Å²) in [6, 6.07) is 0. The Kier molecular flexibility index (Phi) is 11.0. The molecule has 1 aliphatic rings. The minimum atomic E-state index is -3.40. The normalized spacial score (nSPS) is 14.7. The standard InChI is InChI=1S/C22H34N6O6S3/c1-14(2)12-33-21(29)23-19-27-25-17(35-19)7-9-37(31,32)10-8-18-26-28-20(36-18)24-22(30)34-13-15(3)11-16-5-4-6-16/h14-16H,4-13H2,1-3H3,(H,23,27,29)(H,24,28,30). The van der Waals surface area contributed by atoms with Crippen LogP contribution in [-0.4, -0.2) is 65.7 Å². The second kappa shape index (κ2) is 14.0. The zero-order valence-corrected chi connectivity index (χ0v) is 23.7. The van der Waals surface area contributed by atoms with Gasteiger partial charge in [0.1, 0.15) is 10.0 Å². The van der Waals surface area contributed by atoms with Crippen LogP contribution in [0, 0.1) is 17.8 Å². The number of sulfone groups is 1. The Morgan fingerprint density at radius 3 is 1.86 bits per heavy atom. The minimum absolute atomic E-state index is 0.115. The van der Waals surface area contributed by atoms with E-state index in [1.54, 1.807) is 0 Å². The number of anilines is 2. The molecule has 15 heteroatoms. The van der Waals surface area contributed by atoms with Crippen molar-refractivity contribution in [3.63, 3.8) is 0 Å². The van der Waals surface area contributed by atoms with Gasteiger partial charge in [-0.05, 0) is 24.2 Å². The molecular weight excluding hydrogens is 540 g/mol. The Labute approximate surface area is 224 Å². The molecule has 0 aromatic carbocycles. The quantitative estimate of drug-likeness (QED) is 0.335. The first-order valence-corrected chi connectivity index (χ1v) is 15.8. The van der Waals surface area contributed by atoms with Gasteiger partial charge in [-0.3, -0.25) is 10.6 Å². The van der Waals surface area contributed by atoms with Gasteiger partial charge >= 0.3 is 12.2 Å². The third-order valence-electron chi connectivity index (χ3n) is 5.61. The summed E-state index contributed by atoms with van der Waals surface area (Å²) in [7, 11) is -3.40. The van der Waals surface area contributed by atoms with Crippen LogP contribution in [0.4, 0.5) is 19.9 Å². The molecule has 2 aromatic heterocycles. The smallest absolute Gasteiger partial charge is 0.413 e. The van der Waals surface area contributed by atoms with Crippen LogP contribution in [0.2, 0.25) is 0 Å². The van der Waals surface area contributed by atoms with Gasteiger partial charge in [0.2, 0.25) is 10.3 Å². The van der Waals surface area contributed by atoms with Gasteiger partial charge in [0.05, 0.1) is 24.7 Å². The zero-order chi connectivity index (χ0) is 26.8. The third-order valence-corrected chi connectivity index (χ3v) is 9.06. The Morgan fingerprint density at radius 1 is 0.892 bits per heavy atom. The number of rotatable bonds is 14. The molecule has 206 valence electrons. The lowest BCUT2D eigenvalue weighted by molar-refractivity contribution is 0.129. The van der Waals surface area contributed by atoms with Crippen LogP contribution in [0.5, 0.6) is 0 Å². The van der Waals surface area contributed by atoms with E-state index in [1.807, 2.05) is 13.8 Å². The molecule has 12 nitrogen and oxygen atoms in total. The van der Waals surface area contributed by atoms with Crippen molar-refractivity contribution in [3.05, 3.63) is 10.0 Å². The number of nitrogens with zero attached hydrogens (tertiary/aromatic N) is 4. The van der Waals surface area contributed by atoms with Crippen LogP contribution < -0.4 is 10.6 Å². The molecule has 1 fully saturated rings. The summed E-state index contributed by atoms with van der Waals surface area (Å²) in [5, 5.41) is 22.2. The first-order chi connectivity index (χ1) is 17.6. The van der Waals surface area contributed by atoms with Crippen LogP contribution in [0.3, 0.4) is 0 Å². The maximum Gasteiger partial charge on any atom is 0.413 e. The predicted molar refractivity (Wildman–Crippen MR) is 142 cm³/mol. The Morgan fingerprint density at radius 2 is 1.41 bits per heavy atom. The summed E-state index contributed by atoms with van der Waals surface area (Å²) in [4.78, 5) is 23.7. The van der Waals surface area contributed by atoms with Gasteiger partial charge in [-0.25, -0.2) is 18.0 Å². The van der Waals surface area contributed by atoms with Crippen molar-refractivity contribution in [2.75, 3.05) is 35.4 Å². The maximum atomic E-state index is 12.5. The van der Waals surface area contributed by atoms with Gasteiger partial charge in [-0.2, -0.15) is 0 Å². The van der Waals surface area contributed by atoms with Crippen LogP contribution in [-0.2, 0) is 32.2 Å². The number of aryl methyl sites for hydroxylation is 2. The summed E-state index contributed by atoms with van der Waals surface area (Å²) in [6.45, 7) is 6.55. The summed E-state index contributed by atoms with van der Waals surface area (Å²) in [5.74, 6) is 1.03. The monoisotopic (exact) mass is 574 g/mol. The molecule has 2 amide bonds.